The molecule has 0 fully saturated rings. The monoisotopic (exact) mass is 351 g/mol. The van der Waals surface area contributed by atoms with Gasteiger partial charge in [-0.3, -0.25) is 0 Å². The highest BCUT2D eigenvalue weighted by Crippen LogP contribution is 2.35. The van der Waals surface area contributed by atoms with Crippen LogP contribution in [-0.2, 0) is 4.74 Å². The molecule has 1 aromatic carbocycles. The van der Waals surface area contributed by atoms with Crippen molar-refractivity contribution >= 4 is 22.0 Å². The molecule has 1 amide bonds. The molecule has 0 bridgehead atoms. The van der Waals surface area contributed by atoms with Gasteiger partial charge in [-0.1, -0.05) is 48.8 Å². The van der Waals surface area contributed by atoms with E-state index in [9.17, 15) is 4.79 Å². The Labute approximate surface area is 132 Å². The quantitative estimate of drug-likeness (QED) is 0.875. The van der Waals surface area contributed by atoms with Crippen LogP contribution < -0.4 is 5.73 Å². The van der Waals surface area contributed by atoms with Crippen molar-refractivity contribution in [1.29, 1.82) is 0 Å². The molecular weight excluding hydrogens is 334 g/mol. The molecule has 1 heterocycles. The fourth-order valence-electron chi connectivity index (χ4n) is 2.00. The van der Waals surface area contributed by atoms with Crippen LogP contribution in [0.4, 0.5) is 4.79 Å². The summed E-state index contributed by atoms with van der Waals surface area (Å²) in [6.07, 6.45) is 0.387. The van der Waals surface area contributed by atoms with E-state index in [-0.39, 0.29) is 5.41 Å². The Balaban J connectivity index is 2.32. The summed E-state index contributed by atoms with van der Waals surface area (Å²) in [6.45, 7) is 5.88. The maximum atomic E-state index is 11.1. The summed E-state index contributed by atoms with van der Waals surface area (Å²) in [6, 6.07) is 7.86. The van der Waals surface area contributed by atoms with Gasteiger partial charge < -0.3 is 15.5 Å². The van der Waals surface area contributed by atoms with Gasteiger partial charge in [-0.2, -0.15) is 0 Å². The third-order valence-electron chi connectivity index (χ3n) is 3.02. The molecular formula is C15H18BrN3O2. The fourth-order valence-corrected chi connectivity index (χ4v) is 2.27. The summed E-state index contributed by atoms with van der Waals surface area (Å²) in [5.41, 5.74) is 6.70. The van der Waals surface area contributed by atoms with Crippen LogP contribution in [-0.4, -0.2) is 16.1 Å². The number of imidazole rings is 1. The topological polar surface area (TPSA) is 81.0 Å². The minimum Gasteiger partial charge on any atom is -0.438 e. The molecule has 3 N–H and O–H groups in total. The SMILES string of the molecule is CC(C)(C)C(OC(N)=O)c1ncc(-c2ccc(Br)cc2)[nH]1. The van der Waals surface area contributed by atoms with Gasteiger partial charge in [0.15, 0.2) is 6.10 Å². The van der Waals surface area contributed by atoms with Crippen LogP contribution in [0.3, 0.4) is 0 Å². The molecule has 1 aromatic heterocycles. The predicted octanol–water partition coefficient (Wildman–Crippen LogP) is 4.02. The number of amides is 1. The van der Waals surface area contributed by atoms with Crippen LogP contribution in [0.25, 0.3) is 11.3 Å². The van der Waals surface area contributed by atoms with Crippen molar-refractivity contribution in [3.8, 4) is 11.3 Å². The van der Waals surface area contributed by atoms with E-state index in [2.05, 4.69) is 25.9 Å². The third kappa shape index (κ3) is 3.85. The molecule has 0 saturated carbocycles. The Morgan fingerprint density at radius 2 is 1.95 bits per heavy atom. The van der Waals surface area contributed by atoms with Crippen molar-refractivity contribution in [3.63, 3.8) is 0 Å². The summed E-state index contributed by atoms with van der Waals surface area (Å²) in [7, 11) is 0. The summed E-state index contributed by atoms with van der Waals surface area (Å²) in [5, 5.41) is 0. The van der Waals surface area contributed by atoms with Gasteiger partial charge in [0, 0.05) is 9.89 Å². The minimum atomic E-state index is -0.809. The molecule has 0 radical (unpaired) electrons. The van der Waals surface area contributed by atoms with Crippen molar-refractivity contribution < 1.29 is 9.53 Å². The number of carbonyl (C=O) groups excluding carboxylic acids is 1. The zero-order valence-electron chi connectivity index (χ0n) is 12.2. The largest absolute Gasteiger partial charge is 0.438 e. The van der Waals surface area contributed by atoms with Gasteiger partial charge >= 0.3 is 6.09 Å². The van der Waals surface area contributed by atoms with E-state index >= 15 is 0 Å². The molecule has 5 nitrogen and oxygen atoms in total. The van der Waals surface area contributed by atoms with Gasteiger partial charge in [0.1, 0.15) is 5.82 Å². The van der Waals surface area contributed by atoms with E-state index in [1.165, 1.54) is 0 Å². The van der Waals surface area contributed by atoms with Crippen molar-refractivity contribution in [3.05, 3.63) is 40.8 Å². The van der Waals surface area contributed by atoms with Gasteiger partial charge in [0.2, 0.25) is 0 Å². The minimum absolute atomic E-state index is 0.316. The molecule has 2 rings (SSSR count). The third-order valence-corrected chi connectivity index (χ3v) is 3.55. The van der Waals surface area contributed by atoms with Crippen LogP contribution in [0.1, 0.15) is 32.7 Å². The Morgan fingerprint density at radius 3 is 2.48 bits per heavy atom. The molecule has 0 spiro atoms. The lowest BCUT2D eigenvalue weighted by Gasteiger charge is -2.27. The molecule has 1 unspecified atom stereocenters. The number of hydrogen-bond donors (Lipinski definition) is 2. The first kappa shape index (κ1) is 15.6. The summed E-state index contributed by atoms with van der Waals surface area (Å²) >= 11 is 3.40. The number of nitrogens with two attached hydrogens (primary N) is 1. The second-order valence-corrected chi connectivity index (χ2v) is 6.79. The van der Waals surface area contributed by atoms with E-state index < -0.39 is 12.2 Å². The number of halogens is 1. The van der Waals surface area contributed by atoms with Gasteiger partial charge in [-0.15, -0.1) is 0 Å². The van der Waals surface area contributed by atoms with Gasteiger partial charge in [-0.25, -0.2) is 9.78 Å². The molecule has 6 heteroatoms. The summed E-state index contributed by atoms with van der Waals surface area (Å²) < 4.78 is 6.22. The Hall–Kier alpha value is -1.82. The highest BCUT2D eigenvalue weighted by atomic mass is 79.9. The smallest absolute Gasteiger partial charge is 0.405 e. The second-order valence-electron chi connectivity index (χ2n) is 5.87. The number of nitrogens with one attached hydrogen (secondary N) is 1. The normalized spacial score (nSPS) is 13.0. The second kappa shape index (κ2) is 5.89. The first-order chi connectivity index (χ1) is 9.77. The first-order valence-corrected chi connectivity index (χ1v) is 7.33. The maximum Gasteiger partial charge on any atom is 0.405 e. The number of aromatic amines is 1. The number of ether oxygens (including phenoxy) is 1. The number of hydrogen-bond acceptors (Lipinski definition) is 3. The van der Waals surface area contributed by atoms with Crippen molar-refractivity contribution in [1.82, 2.24) is 9.97 Å². The van der Waals surface area contributed by atoms with E-state index in [0.717, 1.165) is 15.7 Å². The molecule has 0 aliphatic rings. The lowest BCUT2D eigenvalue weighted by atomic mass is 9.88. The predicted molar refractivity (Wildman–Crippen MR) is 84.6 cm³/mol. The number of primary amides is 1. The van der Waals surface area contributed by atoms with E-state index in [4.69, 9.17) is 10.5 Å². The summed E-state index contributed by atoms with van der Waals surface area (Å²) in [4.78, 5) is 18.6. The highest BCUT2D eigenvalue weighted by molar-refractivity contribution is 9.10. The Morgan fingerprint density at radius 1 is 1.33 bits per heavy atom. The number of rotatable bonds is 3. The molecule has 2 aromatic rings. The number of benzene rings is 1. The average molecular weight is 352 g/mol. The van der Waals surface area contributed by atoms with Gasteiger partial charge in [0.05, 0.1) is 11.9 Å². The molecule has 21 heavy (non-hydrogen) atoms. The van der Waals surface area contributed by atoms with Crippen LogP contribution in [0.5, 0.6) is 0 Å². The summed E-state index contributed by atoms with van der Waals surface area (Å²) in [5.74, 6) is 0.583. The molecule has 0 aliphatic carbocycles. The van der Waals surface area contributed by atoms with Crippen molar-refractivity contribution in [2.45, 2.75) is 26.9 Å². The van der Waals surface area contributed by atoms with Crippen LogP contribution >= 0.6 is 15.9 Å². The highest BCUT2D eigenvalue weighted by Gasteiger charge is 2.32. The first-order valence-electron chi connectivity index (χ1n) is 6.54. The number of carbonyl (C=O) groups is 1. The Bertz CT molecular complexity index is 629. The lowest BCUT2D eigenvalue weighted by Crippen LogP contribution is -2.27. The number of nitrogens with zero attached hydrogens (tertiary/aromatic N) is 1. The number of aromatic nitrogens is 2. The molecule has 0 saturated heterocycles. The van der Waals surface area contributed by atoms with Crippen molar-refractivity contribution in [2.24, 2.45) is 11.1 Å². The molecule has 1 atom stereocenters. The zero-order chi connectivity index (χ0) is 15.6. The number of H-pyrrole nitrogens is 1. The van der Waals surface area contributed by atoms with Crippen LogP contribution in [0, 0.1) is 5.41 Å². The van der Waals surface area contributed by atoms with Crippen molar-refractivity contribution in [2.75, 3.05) is 0 Å². The van der Waals surface area contributed by atoms with Crippen LogP contribution in [0.15, 0.2) is 34.9 Å². The van der Waals surface area contributed by atoms with E-state index in [0.29, 0.717) is 5.82 Å². The Kier molecular flexibility index (Phi) is 4.37. The van der Waals surface area contributed by atoms with E-state index in [1.54, 1.807) is 6.20 Å². The average Bonchev–Trinajstić information content (AvgIpc) is 2.84. The van der Waals surface area contributed by atoms with Crippen LogP contribution in [0.2, 0.25) is 0 Å². The van der Waals surface area contributed by atoms with E-state index in [1.807, 2.05) is 45.0 Å². The molecule has 112 valence electrons. The lowest BCUT2D eigenvalue weighted by molar-refractivity contribution is 0.0306. The standard InChI is InChI=1S/C15H18BrN3O2/c1-15(2,3)12(21-14(17)20)13-18-8-11(19-13)9-4-6-10(16)7-5-9/h4-8,12H,1-3H3,(H2,17,20)(H,18,19). The molecule has 0 aliphatic heterocycles. The maximum absolute atomic E-state index is 11.1. The van der Waals surface area contributed by atoms with Gasteiger partial charge in [0.25, 0.3) is 0 Å². The van der Waals surface area contributed by atoms with Gasteiger partial charge in [-0.05, 0) is 17.7 Å². The zero-order valence-corrected chi connectivity index (χ0v) is 13.8. The fraction of sp³-hybridized carbons (Fsp3) is 0.333.